The Bertz CT molecular complexity index is 650. The molecule has 1 aliphatic heterocycles. The number of rotatable bonds is 5. The number of piperazine rings is 1. The SMILES string of the molecule is O=C(CCC(=O)N1CCN(c2ccncc2)CC1)c1cccs1. The number of carbonyl (C=O) groups excluding carboxylic acids is 2. The van der Waals surface area contributed by atoms with Gasteiger partial charge in [-0.05, 0) is 23.6 Å². The molecule has 3 rings (SSSR count). The summed E-state index contributed by atoms with van der Waals surface area (Å²) in [5.41, 5.74) is 1.14. The summed E-state index contributed by atoms with van der Waals surface area (Å²) < 4.78 is 0. The lowest BCUT2D eigenvalue weighted by atomic mass is 10.1. The number of nitrogens with zero attached hydrogens (tertiary/aromatic N) is 3. The van der Waals surface area contributed by atoms with E-state index >= 15 is 0 Å². The first-order chi connectivity index (χ1) is 11.2. The van der Waals surface area contributed by atoms with Gasteiger partial charge < -0.3 is 9.80 Å². The van der Waals surface area contributed by atoms with E-state index in [0.717, 1.165) is 23.7 Å². The van der Waals surface area contributed by atoms with Crippen LogP contribution in [0.4, 0.5) is 5.69 Å². The van der Waals surface area contributed by atoms with Crippen molar-refractivity contribution in [3.8, 4) is 0 Å². The van der Waals surface area contributed by atoms with Gasteiger partial charge in [0, 0.05) is 57.1 Å². The van der Waals surface area contributed by atoms with E-state index in [1.54, 1.807) is 12.4 Å². The topological polar surface area (TPSA) is 53.5 Å². The fraction of sp³-hybridized carbons (Fsp3) is 0.353. The van der Waals surface area contributed by atoms with Crippen molar-refractivity contribution in [2.75, 3.05) is 31.1 Å². The molecule has 0 aliphatic carbocycles. The molecule has 1 fully saturated rings. The summed E-state index contributed by atoms with van der Waals surface area (Å²) in [7, 11) is 0. The number of thiophene rings is 1. The number of aromatic nitrogens is 1. The highest BCUT2D eigenvalue weighted by Gasteiger charge is 2.21. The summed E-state index contributed by atoms with van der Waals surface area (Å²) in [5.74, 6) is 0.132. The Kier molecular flexibility index (Phi) is 5.02. The van der Waals surface area contributed by atoms with Crippen LogP contribution in [-0.2, 0) is 4.79 Å². The van der Waals surface area contributed by atoms with E-state index in [1.165, 1.54) is 11.3 Å². The van der Waals surface area contributed by atoms with Gasteiger partial charge in [0.25, 0.3) is 0 Å². The van der Waals surface area contributed by atoms with Gasteiger partial charge in [0.05, 0.1) is 4.88 Å². The van der Waals surface area contributed by atoms with Gasteiger partial charge in [-0.3, -0.25) is 14.6 Å². The molecule has 0 atom stereocenters. The average Bonchev–Trinajstić information content (AvgIpc) is 3.15. The van der Waals surface area contributed by atoms with Crippen LogP contribution in [0.1, 0.15) is 22.5 Å². The van der Waals surface area contributed by atoms with Crippen molar-refractivity contribution in [2.24, 2.45) is 0 Å². The summed E-state index contributed by atoms with van der Waals surface area (Å²) in [6, 6.07) is 7.64. The summed E-state index contributed by atoms with van der Waals surface area (Å²) in [4.78, 5) is 33.1. The molecule has 5 nitrogen and oxygen atoms in total. The van der Waals surface area contributed by atoms with Crippen molar-refractivity contribution < 1.29 is 9.59 Å². The largest absolute Gasteiger partial charge is 0.368 e. The summed E-state index contributed by atoms with van der Waals surface area (Å²) in [5, 5.41) is 1.88. The van der Waals surface area contributed by atoms with Crippen LogP contribution in [-0.4, -0.2) is 47.8 Å². The van der Waals surface area contributed by atoms with Crippen LogP contribution >= 0.6 is 11.3 Å². The fourth-order valence-electron chi connectivity index (χ4n) is 2.71. The van der Waals surface area contributed by atoms with Gasteiger partial charge in [-0.1, -0.05) is 6.07 Å². The van der Waals surface area contributed by atoms with Crippen LogP contribution in [0.5, 0.6) is 0 Å². The lowest BCUT2D eigenvalue weighted by Gasteiger charge is -2.36. The zero-order valence-electron chi connectivity index (χ0n) is 12.9. The van der Waals surface area contributed by atoms with Crippen molar-refractivity contribution in [1.29, 1.82) is 0 Å². The maximum atomic E-state index is 12.3. The first-order valence-corrected chi connectivity index (χ1v) is 8.61. The molecule has 1 amide bonds. The highest BCUT2D eigenvalue weighted by atomic mass is 32.1. The molecule has 6 heteroatoms. The van der Waals surface area contributed by atoms with E-state index in [2.05, 4.69) is 9.88 Å². The molecule has 0 saturated carbocycles. The van der Waals surface area contributed by atoms with Gasteiger partial charge in [0.1, 0.15) is 0 Å². The fourth-order valence-corrected chi connectivity index (χ4v) is 3.40. The summed E-state index contributed by atoms with van der Waals surface area (Å²) >= 11 is 1.43. The third-order valence-corrected chi connectivity index (χ3v) is 4.93. The molecule has 0 aromatic carbocycles. The monoisotopic (exact) mass is 329 g/mol. The molecule has 2 aromatic heterocycles. The predicted octanol–water partition coefficient (Wildman–Crippen LogP) is 2.45. The van der Waals surface area contributed by atoms with Gasteiger partial charge >= 0.3 is 0 Å². The van der Waals surface area contributed by atoms with Gasteiger partial charge in [0.2, 0.25) is 5.91 Å². The minimum Gasteiger partial charge on any atom is -0.368 e. The smallest absolute Gasteiger partial charge is 0.223 e. The molecule has 120 valence electrons. The Morgan fingerprint density at radius 3 is 2.43 bits per heavy atom. The van der Waals surface area contributed by atoms with Gasteiger partial charge in [-0.25, -0.2) is 0 Å². The van der Waals surface area contributed by atoms with Crippen LogP contribution < -0.4 is 4.90 Å². The van der Waals surface area contributed by atoms with Gasteiger partial charge in [-0.15, -0.1) is 11.3 Å². The molecule has 0 N–H and O–H groups in total. The van der Waals surface area contributed by atoms with Crippen LogP contribution in [0.3, 0.4) is 0 Å². The Morgan fingerprint density at radius 2 is 1.78 bits per heavy atom. The number of ketones is 1. The molecule has 0 spiro atoms. The summed E-state index contributed by atoms with van der Waals surface area (Å²) in [6.07, 6.45) is 4.15. The van der Waals surface area contributed by atoms with Gasteiger partial charge in [-0.2, -0.15) is 0 Å². The molecular weight excluding hydrogens is 310 g/mol. The Balaban J connectivity index is 1.46. The number of Topliss-reactive ketones (excluding diaryl/α,β-unsaturated/α-hetero) is 1. The van der Waals surface area contributed by atoms with Crippen LogP contribution in [0.15, 0.2) is 42.0 Å². The number of hydrogen-bond donors (Lipinski definition) is 0. The second-order valence-corrected chi connectivity index (χ2v) is 6.42. The lowest BCUT2D eigenvalue weighted by molar-refractivity contribution is -0.131. The number of pyridine rings is 1. The number of hydrogen-bond acceptors (Lipinski definition) is 5. The minimum absolute atomic E-state index is 0.0590. The Morgan fingerprint density at radius 1 is 1.04 bits per heavy atom. The molecule has 3 heterocycles. The molecule has 1 saturated heterocycles. The quantitative estimate of drug-likeness (QED) is 0.791. The predicted molar refractivity (Wildman–Crippen MR) is 90.9 cm³/mol. The standard InChI is InChI=1S/C17H19N3O2S/c21-15(16-2-1-13-23-16)3-4-17(22)20-11-9-19(10-12-20)14-5-7-18-8-6-14/h1-2,5-8,13H,3-4,9-12H2. The third kappa shape index (κ3) is 3.96. The van der Waals surface area contributed by atoms with Crippen LogP contribution in [0, 0.1) is 0 Å². The maximum absolute atomic E-state index is 12.3. The second kappa shape index (κ2) is 7.37. The van der Waals surface area contributed by atoms with E-state index < -0.39 is 0 Å². The number of amides is 1. The molecule has 2 aromatic rings. The number of anilines is 1. The van der Waals surface area contributed by atoms with Crippen molar-refractivity contribution in [3.05, 3.63) is 46.9 Å². The van der Waals surface area contributed by atoms with Crippen LogP contribution in [0.2, 0.25) is 0 Å². The minimum atomic E-state index is 0.0590. The summed E-state index contributed by atoms with van der Waals surface area (Å²) in [6.45, 7) is 3.03. The molecule has 0 radical (unpaired) electrons. The Hall–Kier alpha value is -2.21. The molecule has 23 heavy (non-hydrogen) atoms. The molecule has 0 unspecified atom stereocenters. The number of carbonyl (C=O) groups is 2. The molecule has 1 aliphatic rings. The zero-order chi connectivity index (χ0) is 16.1. The van der Waals surface area contributed by atoms with E-state index in [4.69, 9.17) is 0 Å². The average molecular weight is 329 g/mol. The van der Waals surface area contributed by atoms with Gasteiger partial charge in [0.15, 0.2) is 5.78 Å². The van der Waals surface area contributed by atoms with E-state index in [1.807, 2.05) is 34.5 Å². The normalized spacial score (nSPS) is 14.8. The highest BCUT2D eigenvalue weighted by molar-refractivity contribution is 7.12. The zero-order valence-corrected chi connectivity index (χ0v) is 13.7. The molecule has 0 bridgehead atoms. The Labute approximate surface area is 139 Å². The van der Waals surface area contributed by atoms with Crippen molar-refractivity contribution in [3.63, 3.8) is 0 Å². The van der Waals surface area contributed by atoms with E-state index in [0.29, 0.717) is 25.9 Å². The maximum Gasteiger partial charge on any atom is 0.223 e. The van der Waals surface area contributed by atoms with Crippen molar-refractivity contribution in [2.45, 2.75) is 12.8 Å². The third-order valence-electron chi connectivity index (χ3n) is 4.02. The lowest BCUT2D eigenvalue weighted by Crippen LogP contribution is -2.48. The van der Waals surface area contributed by atoms with Crippen molar-refractivity contribution >= 4 is 28.7 Å². The molecular formula is C17H19N3O2S. The highest BCUT2D eigenvalue weighted by Crippen LogP contribution is 2.16. The van der Waals surface area contributed by atoms with E-state index in [-0.39, 0.29) is 11.7 Å². The second-order valence-electron chi connectivity index (χ2n) is 5.47. The van der Waals surface area contributed by atoms with Crippen LogP contribution in [0.25, 0.3) is 0 Å². The van der Waals surface area contributed by atoms with E-state index in [9.17, 15) is 9.59 Å². The first kappa shape index (κ1) is 15.7. The first-order valence-electron chi connectivity index (χ1n) is 7.73. The van der Waals surface area contributed by atoms with Crippen molar-refractivity contribution in [1.82, 2.24) is 9.88 Å².